The number of aliphatic carboxylic acids is 3. The molecular weight excluding hydrogens is 1560 g/mol. The van der Waals surface area contributed by atoms with E-state index in [1.165, 1.54) is 44.8 Å². The minimum Gasteiger partial charge on any atom is -0.495 e. The molecule has 3 fully saturated rings. The number of carbonyl (C=O) groups excluding carboxylic acids is 9. The van der Waals surface area contributed by atoms with Crippen LogP contribution in [-0.4, -0.2) is 248 Å². The number of carboxylic acids is 3. The number of hydrogen-bond acceptors (Lipinski definition) is 28. The van der Waals surface area contributed by atoms with Crippen molar-refractivity contribution in [3.63, 3.8) is 0 Å². The average molecular weight is 1660 g/mol. The lowest BCUT2D eigenvalue weighted by molar-refractivity contribution is -0.162. The number of methoxy groups -OCH3 is 2. The molecule has 4 bridgehead atoms. The predicted octanol–water partition coefficient (Wildman–Crippen LogP) is 0.379. The fraction of sp³-hybridized carbons (Fsp3) is 0.591. The Morgan fingerprint density at radius 1 is 0.883 bits per heavy atom. The van der Waals surface area contributed by atoms with Crippen LogP contribution in [0.1, 0.15) is 122 Å². The third-order valence-electron chi connectivity index (χ3n) is 18.9. The molecule has 7 rings (SSSR count). The van der Waals surface area contributed by atoms with Crippen molar-refractivity contribution in [1.29, 1.82) is 0 Å². The maximum absolute atomic E-state index is 14.6. The number of aryl methyl sites for hydroxylation is 2. The lowest BCUT2D eigenvalue weighted by atomic mass is 9.83. The molecule has 1 aliphatic carbocycles. The number of benzene rings is 1. The van der Waals surface area contributed by atoms with E-state index < -0.39 is 182 Å². The molecule has 1 spiro atoms. The number of ether oxygens (including phenoxy) is 5. The standard InChI is InChI=1S/C66H92ClN17O23S4/c1-34-14-11-17-44(104-8)66(100)33-65(107-61(99)77-66)32-63(65,3)58-64(4,106-58)45(29-49(88)83(6)42-25-36(24-34)26-43(103-7)52(42)67)105-57(98)35(2)82(5)48(87)20-23-108-109-31-41(56(96)97)75-55(95)40(28-51(91)92)74-53(93)38(16-13-21-71-59(68)69)73-54(94)39(27-50(89)90)72-46(85)18-9-10-22-84-30-37(78-81-84)15-12-19-47(86)76-60-79-80-62(110-60)111(70,101)102/h11,14,17,25-26,30,35,38-41,44-45,58,100H,9-10,12-13,15-16,18-24,27-29,31-33H2,1-8H3,(H,72,85)(H,73,94)(H,74,93)(H,75,95)(H,77,99)(H,89,90)(H,91,92)(H,96,97)(H4,68,69,71)(H2,70,101,102)(H,76,79,86)/b17-11+,34-14+/t35-,38-,39-,40-,41-,44+,45-,58-,63+,64+,65-,66-/m0/s1. The van der Waals surface area contributed by atoms with Gasteiger partial charge in [0.2, 0.25) is 50.8 Å². The third kappa shape index (κ3) is 24.3. The molecule has 16 N–H and O–H groups in total. The molecule has 111 heavy (non-hydrogen) atoms. The first-order valence-electron chi connectivity index (χ1n) is 34.7. The Bertz CT molecular complexity index is 4200. The molecule has 2 saturated heterocycles. The molecule has 8 amide bonds. The summed E-state index contributed by atoms with van der Waals surface area (Å²) in [4.78, 5) is 166. The molecule has 45 heteroatoms. The Kier molecular flexibility index (Phi) is 31.0. The summed E-state index contributed by atoms with van der Waals surface area (Å²) in [7, 11) is 3.45. The Morgan fingerprint density at radius 3 is 2.18 bits per heavy atom. The van der Waals surface area contributed by atoms with Crippen molar-refractivity contribution in [2.75, 3.05) is 56.6 Å². The smallest absolute Gasteiger partial charge is 0.410 e. The molecule has 3 aliphatic heterocycles. The second-order valence-corrected chi connectivity index (χ2v) is 33.1. The SMILES string of the molecule is COc1cc2cc(c1Cl)N(C)C(=O)C[C@H](OC(=O)[C@H](C)N(C)C(=O)CCSSC[C@H](NC(=O)[C@H](CC(=O)O)NC(=O)[C@H](CCCN=C(N)N)NC(=O)[C@H](CC(=O)O)NC(=O)CCCCn1cc(CCCC(=O)Nc3nnc(S(N)(=O)=O)s3)nn1)C(=O)O)[C@@]1(C)O[C@H]1[C@@]1(C)C[C@]13C[C@@](O)(NC(=O)O3)[C@H](OC)/C=C/C=C(\C)C2. The number of unbranched alkanes of at least 4 members (excludes halogenated alkanes) is 1. The van der Waals surface area contributed by atoms with Gasteiger partial charge in [-0.3, -0.25) is 58.1 Å². The van der Waals surface area contributed by atoms with E-state index in [1.807, 2.05) is 6.92 Å². The number of hydrogen-bond donors (Lipinski definition) is 13. The number of carbonyl (C=O) groups is 12. The quantitative estimate of drug-likeness (QED) is 0.00701. The summed E-state index contributed by atoms with van der Waals surface area (Å²) in [6, 6.07) is -5.01. The van der Waals surface area contributed by atoms with Gasteiger partial charge in [-0.05, 0) is 89.8 Å². The number of epoxide rings is 1. The number of amides is 8. The van der Waals surface area contributed by atoms with Crippen molar-refractivity contribution in [3.05, 3.63) is 58.4 Å². The van der Waals surface area contributed by atoms with E-state index in [4.69, 9.17) is 51.9 Å². The highest BCUT2D eigenvalue weighted by molar-refractivity contribution is 8.76. The minimum atomic E-state index is -4.09. The second kappa shape index (κ2) is 38.8. The first-order valence-corrected chi connectivity index (χ1v) is 40.0. The number of nitrogens with zero attached hydrogens (tertiary/aromatic N) is 8. The van der Waals surface area contributed by atoms with Crippen molar-refractivity contribution >= 4 is 143 Å². The zero-order valence-corrected chi connectivity index (χ0v) is 65.9. The van der Waals surface area contributed by atoms with Crippen LogP contribution in [0, 0.1) is 5.41 Å². The molecule has 12 atom stereocenters. The van der Waals surface area contributed by atoms with Crippen LogP contribution in [0.15, 0.2) is 51.5 Å². The number of anilines is 2. The van der Waals surface area contributed by atoms with Gasteiger partial charge in [-0.15, -0.1) is 15.3 Å². The lowest BCUT2D eigenvalue weighted by Gasteiger charge is -2.42. The number of rotatable bonds is 38. The van der Waals surface area contributed by atoms with Crippen molar-refractivity contribution < 1.29 is 110 Å². The van der Waals surface area contributed by atoms with Gasteiger partial charge in [0.05, 0.1) is 37.8 Å². The van der Waals surface area contributed by atoms with Crippen LogP contribution in [0.5, 0.6) is 5.75 Å². The fourth-order valence-corrected chi connectivity index (χ4v) is 16.4. The van der Waals surface area contributed by atoms with Gasteiger partial charge >= 0.3 is 30.0 Å². The molecule has 40 nitrogen and oxygen atoms in total. The third-order valence-corrected chi connectivity index (χ3v) is 23.9. The number of sulfonamides is 1. The molecule has 5 heterocycles. The summed E-state index contributed by atoms with van der Waals surface area (Å²) in [6.45, 7) is 6.86. The second-order valence-electron chi connectivity index (χ2n) is 27.4. The minimum absolute atomic E-state index is 0.00825. The Labute approximate surface area is 654 Å². The molecular formula is C66H92ClN17O23S4. The monoisotopic (exact) mass is 1650 g/mol. The van der Waals surface area contributed by atoms with Gasteiger partial charge in [-0.25, -0.2) is 27.9 Å². The summed E-state index contributed by atoms with van der Waals surface area (Å²) >= 11 is 7.45. The number of carboxylic acid groups (broad SMARTS) is 3. The zero-order valence-electron chi connectivity index (χ0n) is 61.9. The van der Waals surface area contributed by atoms with Gasteiger partial charge in [0.1, 0.15) is 70.5 Å². The number of nitrogens with one attached hydrogen (secondary N) is 6. The van der Waals surface area contributed by atoms with E-state index in [-0.39, 0.29) is 97.8 Å². The van der Waals surface area contributed by atoms with Crippen molar-refractivity contribution in [2.24, 2.45) is 27.0 Å². The van der Waals surface area contributed by atoms with Crippen molar-refractivity contribution in [1.82, 2.24) is 56.7 Å². The van der Waals surface area contributed by atoms with E-state index >= 15 is 0 Å². The van der Waals surface area contributed by atoms with Crippen LogP contribution in [0.3, 0.4) is 0 Å². The molecule has 610 valence electrons. The van der Waals surface area contributed by atoms with E-state index in [2.05, 4.69) is 57.4 Å². The molecule has 4 aliphatic rings. The van der Waals surface area contributed by atoms with E-state index in [1.54, 1.807) is 50.4 Å². The topological polar surface area (TPSA) is 595 Å². The zero-order chi connectivity index (χ0) is 82.1. The number of aliphatic hydroxyl groups is 1. The highest BCUT2D eigenvalue weighted by atomic mass is 35.5. The van der Waals surface area contributed by atoms with Crippen LogP contribution in [0.2, 0.25) is 5.02 Å². The number of fused-ring (bicyclic) bond motifs is 5. The summed E-state index contributed by atoms with van der Waals surface area (Å²) in [5, 5.41) is 76.2. The number of primary sulfonamides is 1. The first-order chi connectivity index (χ1) is 52.1. The number of aromatic nitrogens is 5. The maximum Gasteiger partial charge on any atom is 0.410 e. The molecule has 0 unspecified atom stereocenters. The first kappa shape index (κ1) is 88.9. The fourth-order valence-electron chi connectivity index (χ4n) is 12.7. The number of nitrogens with two attached hydrogens (primary N) is 3. The number of halogens is 1. The van der Waals surface area contributed by atoms with Crippen LogP contribution < -0.4 is 58.1 Å². The molecule has 3 aromatic rings. The van der Waals surface area contributed by atoms with Crippen LogP contribution in [-0.2, 0) is 101 Å². The Morgan fingerprint density at radius 2 is 1.54 bits per heavy atom. The summed E-state index contributed by atoms with van der Waals surface area (Å²) in [5.41, 5.74) is 7.59. The number of aliphatic imine (C=N–C) groups is 1. The van der Waals surface area contributed by atoms with Crippen LogP contribution in [0.25, 0.3) is 0 Å². The normalized spacial score (nSPS) is 23.5. The highest BCUT2D eigenvalue weighted by Crippen LogP contribution is 2.72. The van der Waals surface area contributed by atoms with Gasteiger partial charge in [-0.2, -0.15) is 0 Å². The highest BCUT2D eigenvalue weighted by Gasteiger charge is 2.83. The Hall–Kier alpha value is -9.31. The number of likely N-dealkylation sites (N-methyl/N-ethyl adjacent to an activating group) is 1. The van der Waals surface area contributed by atoms with E-state index in [9.17, 15) is 86.4 Å². The van der Waals surface area contributed by atoms with E-state index in [0.29, 0.717) is 48.3 Å². The lowest BCUT2D eigenvalue weighted by Crippen LogP contribution is -2.64. The summed E-state index contributed by atoms with van der Waals surface area (Å²) in [6.07, 6.45) is 0.878. The molecule has 1 aromatic carbocycles. The molecule has 0 radical (unpaired) electrons. The Balaban J connectivity index is 0.920. The van der Waals surface area contributed by atoms with Crippen molar-refractivity contribution in [3.8, 4) is 5.75 Å². The largest absolute Gasteiger partial charge is 0.495 e. The van der Waals surface area contributed by atoms with Gasteiger partial charge in [-0.1, -0.05) is 80.5 Å². The summed E-state index contributed by atoms with van der Waals surface area (Å²) < 4.78 is 53.8. The maximum atomic E-state index is 14.6. The summed E-state index contributed by atoms with van der Waals surface area (Å²) in [5.74, 6) is -12.1. The molecule has 1 saturated carbocycles. The van der Waals surface area contributed by atoms with Gasteiger partial charge < -0.3 is 92.0 Å². The van der Waals surface area contributed by atoms with Gasteiger partial charge in [0.25, 0.3) is 10.0 Å². The van der Waals surface area contributed by atoms with E-state index in [0.717, 1.165) is 32.1 Å². The number of allylic oxidation sites excluding steroid dienone is 3. The molecule has 2 aromatic heterocycles. The average Bonchev–Trinajstić information content (AvgIpc) is 1.48. The number of guanidine groups is 1. The van der Waals surface area contributed by atoms with Gasteiger partial charge in [0.15, 0.2) is 11.7 Å². The van der Waals surface area contributed by atoms with Crippen LogP contribution >= 0.6 is 44.5 Å². The van der Waals surface area contributed by atoms with Gasteiger partial charge in [0, 0.05) is 83.1 Å². The number of esters is 1. The predicted molar refractivity (Wildman–Crippen MR) is 399 cm³/mol. The van der Waals surface area contributed by atoms with Crippen LogP contribution in [0.4, 0.5) is 15.6 Å². The van der Waals surface area contributed by atoms with Crippen molar-refractivity contribution in [2.45, 2.75) is 200 Å². The number of alkyl carbamates (subject to hydrolysis) is 1.